The first-order valence-corrected chi connectivity index (χ1v) is 20.1. The molecule has 4 nitrogen and oxygen atoms in total. The average molecular weight is 685 g/mol. The number of unbranched alkanes of at least 4 members (excludes halogenated alkanes) is 1. The number of benzene rings is 2. The van der Waals surface area contributed by atoms with Gasteiger partial charge in [-0.3, -0.25) is 0 Å². The van der Waals surface area contributed by atoms with Crippen LogP contribution < -0.4 is 4.74 Å². The molecule has 50 heavy (non-hydrogen) atoms. The molecule has 0 spiro atoms. The number of ether oxygens (including phenoxy) is 3. The van der Waals surface area contributed by atoms with Crippen LogP contribution in [0.1, 0.15) is 179 Å². The normalized spacial score (nSPS) is 30.8. The van der Waals surface area contributed by atoms with Crippen LogP contribution in [-0.2, 0) is 20.3 Å². The summed E-state index contributed by atoms with van der Waals surface area (Å²) in [4.78, 5) is 0. The van der Waals surface area contributed by atoms with Crippen LogP contribution in [0.25, 0.3) is 6.08 Å². The highest BCUT2D eigenvalue weighted by Gasteiger charge is 2.59. The molecule has 0 radical (unpaired) electrons. The monoisotopic (exact) mass is 685 g/mol. The van der Waals surface area contributed by atoms with Crippen molar-refractivity contribution in [1.82, 2.24) is 0 Å². The largest absolute Gasteiger partial charge is 0.508 e. The molecule has 2 aromatic carbocycles. The molecule has 2 saturated carbocycles. The van der Waals surface area contributed by atoms with Crippen LogP contribution in [0, 0.1) is 22.7 Å². The molecule has 0 aliphatic heterocycles. The molecule has 6 rings (SSSR count). The first-order valence-electron chi connectivity index (χ1n) is 20.1. The van der Waals surface area contributed by atoms with E-state index in [2.05, 4.69) is 113 Å². The van der Waals surface area contributed by atoms with Crippen molar-refractivity contribution in [3.63, 3.8) is 0 Å². The Bertz CT molecular complexity index is 1560. The summed E-state index contributed by atoms with van der Waals surface area (Å²) >= 11 is 0. The Morgan fingerprint density at radius 3 is 2.12 bits per heavy atom. The van der Waals surface area contributed by atoms with E-state index in [9.17, 15) is 5.11 Å². The lowest BCUT2D eigenvalue weighted by molar-refractivity contribution is -0.129. The molecule has 0 amide bonds. The minimum absolute atomic E-state index is 0.0142. The number of rotatable bonds is 11. The smallest absolute Gasteiger partial charge is 0.133 e. The number of hydrogen-bond donors (Lipinski definition) is 1. The predicted octanol–water partition coefficient (Wildman–Crippen LogP) is 12.2. The highest BCUT2D eigenvalue weighted by Crippen LogP contribution is 2.62. The van der Waals surface area contributed by atoms with Crippen LogP contribution in [0.3, 0.4) is 0 Å². The van der Waals surface area contributed by atoms with E-state index in [1.807, 2.05) is 0 Å². The fourth-order valence-corrected chi connectivity index (χ4v) is 11.3. The van der Waals surface area contributed by atoms with Gasteiger partial charge in [-0.1, -0.05) is 108 Å². The molecule has 2 aromatic rings. The van der Waals surface area contributed by atoms with E-state index < -0.39 is 0 Å². The Kier molecular flexibility index (Phi) is 10.4. The van der Waals surface area contributed by atoms with Crippen molar-refractivity contribution in [3.05, 3.63) is 63.7 Å². The number of aromatic hydroxyl groups is 1. The number of hydrogen-bond acceptors (Lipinski definition) is 4. The summed E-state index contributed by atoms with van der Waals surface area (Å²) < 4.78 is 20.8. The van der Waals surface area contributed by atoms with Crippen LogP contribution >= 0.6 is 0 Å². The molecule has 4 aliphatic rings. The zero-order chi connectivity index (χ0) is 36.2. The van der Waals surface area contributed by atoms with Gasteiger partial charge in [-0.2, -0.15) is 0 Å². The summed E-state index contributed by atoms with van der Waals surface area (Å²) in [6.45, 7) is 27.8. The molecule has 0 heterocycles. The lowest BCUT2D eigenvalue weighted by Crippen LogP contribution is -2.58. The molecule has 4 heteroatoms. The second-order valence-corrected chi connectivity index (χ2v) is 19.0. The van der Waals surface area contributed by atoms with Crippen LogP contribution in [0.15, 0.2) is 30.3 Å². The zero-order valence-corrected chi connectivity index (χ0v) is 33.4. The van der Waals surface area contributed by atoms with Crippen LogP contribution in [0.4, 0.5) is 0 Å². The second-order valence-electron chi connectivity index (χ2n) is 19.0. The van der Waals surface area contributed by atoms with E-state index in [-0.39, 0.29) is 45.7 Å². The lowest BCUT2D eigenvalue weighted by Gasteiger charge is -2.58. The maximum Gasteiger partial charge on any atom is 0.133 e. The minimum Gasteiger partial charge on any atom is -0.508 e. The fraction of sp³-hybridized carbons (Fsp3) is 0.696. The molecule has 6 atom stereocenters. The molecule has 4 aliphatic carbocycles. The molecular weight excluding hydrogens is 617 g/mol. The molecule has 2 fully saturated rings. The summed E-state index contributed by atoms with van der Waals surface area (Å²) in [5, 5.41) is 11.4. The molecule has 276 valence electrons. The number of allylic oxidation sites excluding steroid dienone is 1. The van der Waals surface area contributed by atoms with Crippen molar-refractivity contribution < 1.29 is 19.3 Å². The third-order valence-corrected chi connectivity index (χ3v) is 13.8. The van der Waals surface area contributed by atoms with E-state index in [0.717, 1.165) is 50.0 Å². The summed E-state index contributed by atoms with van der Waals surface area (Å²) in [6, 6.07) is 9.27. The Morgan fingerprint density at radius 2 is 1.44 bits per heavy atom. The van der Waals surface area contributed by atoms with Crippen LogP contribution in [0.5, 0.6) is 11.5 Å². The standard InChI is InChI=1S/C46H68O4/c1-12-13-22-48-23-24-49-40-34-26-32(29(2)3)37(47)27-36(34)46(11)21-15-19-44(8,9)42(46)41(40)50-38-28-35-31(25-33(38)30(4)5)16-17-39-43(6,7)18-14-20-45(35,39)10/h16-17,25-30,39-42,47H,12-15,18-24H2,1-11H3/t39-,40-,41-,42-,45+,46+/m0/s1. The minimum atomic E-state index is -0.277. The zero-order valence-electron chi connectivity index (χ0n) is 33.4. The summed E-state index contributed by atoms with van der Waals surface area (Å²) in [5.74, 6) is 2.65. The van der Waals surface area contributed by atoms with Gasteiger partial charge in [0.1, 0.15) is 23.7 Å². The van der Waals surface area contributed by atoms with Crippen LogP contribution in [0.2, 0.25) is 0 Å². The Morgan fingerprint density at radius 1 is 0.760 bits per heavy atom. The number of fused-ring (bicyclic) bond motifs is 6. The Labute approximate surface area is 304 Å². The first kappa shape index (κ1) is 37.5. The topological polar surface area (TPSA) is 47.9 Å². The van der Waals surface area contributed by atoms with Gasteiger partial charge in [-0.25, -0.2) is 0 Å². The molecular formula is C46H68O4. The highest BCUT2D eigenvalue weighted by molar-refractivity contribution is 5.65. The third-order valence-electron chi connectivity index (χ3n) is 13.8. The van der Waals surface area contributed by atoms with Crippen molar-refractivity contribution >= 4 is 6.08 Å². The molecule has 0 bridgehead atoms. The molecule has 1 N–H and O–H groups in total. The maximum atomic E-state index is 11.4. The van der Waals surface area contributed by atoms with Crippen LogP contribution in [-0.4, -0.2) is 31.0 Å². The molecule has 0 aromatic heterocycles. The van der Waals surface area contributed by atoms with Gasteiger partial charge < -0.3 is 19.3 Å². The van der Waals surface area contributed by atoms with Crippen molar-refractivity contribution in [2.24, 2.45) is 22.7 Å². The van der Waals surface area contributed by atoms with E-state index in [1.54, 1.807) is 0 Å². The average Bonchev–Trinajstić information content (AvgIpc) is 3.02. The summed E-state index contributed by atoms with van der Waals surface area (Å²) in [6.07, 6.45) is 13.8. The van der Waals surface area contributed by atoms with Gasteiger partial charge in [-0.05, 0) is 129 Å². The summed E-state index contributed by atoms with van der Waals surface area (Å²) in [7, 11) is 0. The van der Waals surface area contributed by atoms with Crippen molar-refractivity contribution in [3.8, 4) is 11.5 Å². The van der Waals surface area contributed by atoms with Gasteiger partial charge in [0, 0.05) is 12.5 Å². The van der Waals surface area contributed by atoms with Gasteiger partial charge in [0.15, 0.2) is 0 Å². The van der Waals surface area contributed by atoms with E-state index in [4.69, 9.17) is 14.2 Å². The predicted molar refractivity (Wildman–Crippen MR) is 208 cm³/mol. The van der Waals surface area contributed by atoms with Gasteiger partial charge in [0.25, 0.3) is 0 Å². The van der Waals surface area contributed by atoms with E-state index >= 15 is 0 Å². The van der Waals surface area contributed by atoms with E-state index in [1.165, 1.54) is 47.1 Å². The van der Waals surface area contributed by atoms with Crippen molar-refractivity contribution in [2.45, 2.75) is 162 Å². The SMILES string of the molecule is CCCCOCCO[C@H]1c2cc(C(C)C)c(O)cc2[C@@]2(C)CCCC(C)(C)[C@@H]2[C@H]1Oc1cc2c(cc1C(C)C)C=C[C@H]1C(C)(C)CCC[C@]21C. The second kappa shape index (κ2) is 13.9. The van der Waals surface area contributed by atoms with Gasteiger partial charge in [-0.15, -0.1) is 0 Å². The van der Waals surface area contributed by atoms with E-state index in [0.29, 0.717) is 30.8 Å². The maximum absolute atomic E-state index is 11.4. The lowest BCUT2D eigenvalue weighted by atomic mass is 9.48. The number of phenolic OH excluding ortho intramolecular Hbond substituents is 1. The van der Waals surface area contributed by atoms with Gasteiger partial charge in [0.2, 0.25) is 0 Å². The molecule has 0 unspecified atom stereocenters. The fourth-order valence-electron chi connectivity index (χ4n) is 11.3. The highest BCUT2D eigenvalue weighted by atomic mass is 16.6. The van der Waals surface area contributed by atoms with Crippen molar-refractivity contribution in [1.29, 1.82) is 0 Å². The van der Waals surface area contributed by atoms with Gasteiger partial charge >= 0.3 is 0 Å². The van der Waals surface area contributed by atoms with Crippen molar-refractivity contribution in [2.75, 3.05) is 19.8 Å². The first-order chi connectivity index (χ1) is 23.5. The Balaban J connectivity index is 1.51. The quantitative estimate of drug-likeness (QED) is 0.239. The molecule has 0 saturated heterocycles. The number of phenols is 1. The van der Waals surface area contributed by atoms with Gasteiger partial charge in [0.05, 0.1) is 13.2 Å². The summed E-state index contributed by atoms with van der Waals surface area (Å²) in [5.41, 5.74) is 7.70. The third kappa shape index (κ3) is 6.48. The Hall–Kier alpha value is -2.30.